The Morgan fingerprint density at radius 2 is 1.91 bits per heavy atom. The minimum Gasteiger partial charge on any atom is -0.410 e. The number of rotatable bonds is 3. The van der Waals surface area contributed by atoms with Gasteiger partial charge in [0.25, 0.3) is 0 Å². The third kappa shape index (κ3) is 3.76. The number of hydrogen-bond donors (Lipinski definition) is 1. The molecular weight excluding hydrogens is 308 g/mol. The van der Waals surface area contributed by atoms with Crippen LogP contribution in [0.15, 0.2) is 53.9 Å². The Morgan fingerprint density at radius 3 is 2.70 bits per heavy atom. The third-order valence-corrected chi connectivity index (χ3v) is 4.09. The summed E-state index contributed by atoms with van der Waals surface area (Å²) in [6, 6.07) is 15.2. The largest absolute Gasteiger partial charge is 0.418 e. The molecule has 0 aliphatic heterocycles. The average molecular weight is 324 g/mol. The summed E-state index contributed by atoms with van der Waals surface area (Å²) >= 11 is 1.37. The number of carbonyl (C=O) groups excluding carboxylic acids is 1. The second-order valence-electron chi connectivity index (χ2n) is 5.18. The number of ether oxygens (including phenoxy) is 1. The first-order valence-electron chi connectivity index (χ1n) is 7.19. The average Bonchev–Trinajstić information content (AvgIpc) is 2.98. The van der Waals surface area contributed by atoms with E-state index in [1.165, 1.54) is 16.9 Å². The van der Waals surface area contributed by atoms with E-state index < -0.39 is 6.09 Å². The van der Waals surface area contributed by atoms with Crippen molar-refractivity contribution in [1.82, 2.24) is 4.98 Å². The Hall–Kier alpha value is -2.66. The molecule has 0 aliphatic carbocycles. The summed E-state index contributed by atoms with van der Waals surface area (Å²) < 4.78 is 5.19. The zero-order valence-electron chi connectivity index (χ0n) is 12.9. The number of amides is 1. The molecule has 0 atom stereocenters. The van der Waals surface area contributed by atoms with Crippen molar-refractivity contribution in [1.29, 1.82) is 0 Å². The zero-order valence-corrected chi connectivity index (χ0v) is 13.7. The Kier molecular flexibility index (Phi) is 4.39. The van der Waals surface area contributed by atoms with Crippen molar-refractivity contribution in [2.24, 2.45) is 0 Å². The molecule has 116 valence electrons. The van der Waals surface area contributed by atoms with Crippen molar-refractivity contribution in [3.63, 3.8) is 0 Å². The molecule has 0 unspecified atom stereocenters. The number of benzene rings is 2. The molecule has 0 saturated heterocycles. The number of nitrogens with zero attached hydrogens (tertiary/aromatic N) is 1. The van der Waals surface area contributed by atoms with Crippen molar-refractivity contribution in [2.75, 3.05) is 5.32 Å². The van der Waals surface area contributed by atoms with Crippen LogP contribution < -0.4 is 10.1 Å². The van der Waals surface area contributed by atoms with Gasteiger partial charge in [-0.1, -0.05) is 35.9 Å². The second-order valence-corrected chi connectivity index (χ2v) is 6.04. The summed E-state index contributed by atoms with van der Waals surface area (Å²) in [7, 11) is 0. The van der Waals surface area contributed by atoms with Crippen LogP contribution in [-0.4, -0.2) is 11.1 Å². The molecule has 0 radical (unpaired) electrons. The van der Waals surface area contributed by atoms with Crippen molar-refractivity contribution in [3.05, 3.63) is 65.0 Å². The number of thiazole rings is 1. The maximum atomic E-state index is 11.9. The summed E-state index contributed by atoms with van der Waals surface area (Å²) in [6.45, 7) is 4.09. The van der Waals surface area contributed by atoms with E-state index in [9.17, 15) is 4.79 Å². The fourth-order valence-corrected chi connectivity index (χ4v) is 2.87. The SMILES string of the molecule is Cc1ccc(C)c(-c2csc(NC(=O)Oc3ccccc3)n2)c1. The van der Waals surface area contributed by atoms with Gasteiger partial charge in [-0.15, -0.1) is 11.3 Å². The molecular formula is C18H16N2O2S. The molecule has 0 bridgehead atoms. The molecule has 0 spiro atoms. The van der Waals surface area contributed by atoms with Crippen molar-refractivity contribution >= 4 is 22.6 Å². The van der Waals surface area contributed by atoms with Crippen LogP contribution in [0.3, 0.4) is 0 Å². The molecule has 23 heavy (non-hydrogen) atoms. The fourth-order valence-electron chi connectivity index (χ4n) is 2.18. The highest BCUT2D eigenvalue weighted by Gasteiger charge is 2.11. The quantitative estimate of drug-likeness (QED) is 0.734. The Morgan fingerprint density at radius 1 is 1.13 bits per heavy atom. The lowest BCUT2D eigenvalue weighted by molar-refractivity contribution is 0.215. The molecule has 0 aliphatic rings. The number of aromatic nitrogens is 1. The first-order valence-corrected chi connectivity index (χ1v) is 8.07. The highest BCUT2D eigenvalue weighted by molar-refractivity contribution is 7.14. The summed E-state index contributed by atoms with van der Waals surface area (Å²) in [5.74, 6) is 0.497. The molecule has 3 rings (SSSR count). The first-order chi connectivity index (χ1) is 11.1. The lowest BCUT2D eigenvalue weighted by Crippen LogP contribution is -2.16. The topological polar surface area (TPSA) is 51.2 Å². The van der Waals surface area contributed by atoms with Gasteiger partial charge in [0, 0.05) is 10.9 Å². The molecule has 1 aromatic heterocycles. The van der Waals surface area contributed by atoms with Crippen LogP contribution in [0.25, 0.3) is 11.3 Å². The van der Waals surface area contributed by atoms with Crippen LogP contribution in [0.2, 0.25) is 0 Å². The van der Waals surface area contributed by atoms with E-state index in [2.05, 4.69) is 28.5 Å². The maximum Gasteiger partial charge on any atom is 0.418 e. The van der Waals surface area contributed by atoms with Crippen LogP contribution in [0.4, 0.5) is 9.93 Å². The first kappa shape index (κ1) is 15.2. The number of nitrogens with one attached hydrogen (secondary N) is 1. The van der Waals surface area contributed by atoms with Crippen LogP contribution >= 0.6 is 11.3 Å². The normalized spacial score (nSPS) is 10.3. The lowest BCUT2D eigenvalue weighted by Gasteiger charge is -2.04. The molecule has 1 N–H and O–H groups in total. The monoisotopic (exact) mass is 324 g/mol. The van der Waals surface area contributed by atoms with Crippen LogP contribution in [0.5, 0.6) is 5.75 Å². The standard InChI is InChI=1S/C18H16N2O2S/c1-12-8-9-13(2)15(10-12)16-11-23-17(19-16)20-18(21)22-14-6-4-3-5-7-14/h3-11H,1-2H3,(H,19,20,21). The minimum atomic E-state index is -0.543. The van der Waals surface area contributed by atoms with E-state index in [1.54, 1.807) is 12.1 Å². The van der Waals surface area contributed by atoms with E-state index >= 15 is 0 Å². The van der Waals surface area contributed by atoms with Gasteiger partial charge in [-0.3, -0.25) is 5.32 Å². The van der Waals surface area contributed by atoms with Gasteiger partial charge in [-0.25, -0.2) is 9.78 Å². The number of aryl methyl sites for hydroxylation is 2. The Bertz CT molecular complexity index is 828. The smallest absolute Gasteiger partial charge is 0.410 e. The molecule has 1 amide bonds. The number of carbonyl (C=O) groups is 1. The number of anilines is 1. The van der Waals surface area contributed by atoms with Gasteiger partial charge in [-0.05, 0) is 37.6 Å². The molecule has 5 heteroatoms. The maximum absolute atomic E-state index is 11.9. The highest BCUT2D eigenvalue weighted by Crippen LogP contribution is 2.28. The van der Waals surface area contributed by atoms with Gasteiger partial charge >= 0.3 is 6.09 Å². The molecule has 0 saturated carbocycles. The number of hydrogen-bond acceptors (Lipinski definition) is 4. The van der Waals surface area contributed by atoms with Gasteiger partial charge in [-0.2, -0.15) is 0 Å². The van der Waals surface area contributed by atoms with Gasteiger partial charge in [0.1, 0.15) is 5.75 Å². The fraction of sp³-hybridized carbons (Fsp3) is 0.111. The van der Waals surface area contributed by atoms with Gasteiger partial charge < -0.3 is 4.74 Å². The Labute approximate surface area is 138 Å². The van der Waals surface area contributed by atoms with Crippen LogP contribution in [0.1, 0.15) is 11.1 Å². The van der Waals surface area contributed by atoms with Crippen molar-refractivity contribution < 1.29 is 9.53 Å². The molecule has 2 aromatic carbocycles. The van der Waals surface area contributed by atoms with Crippen molar-refractivity contribution in [2.45, 2.75) is 13.8 Å². The predicted octanol–water partition coefficient (Wildman–Crippen LogP) is 5.04. The van der Waals surface area contributed by atoms with E-state index in [-0.39, 0.29) is 0 Å². The highest BCUT2D eigenvalue weighted by atomic mass is 32.1. The van der Waals surface area contributed by atoms with Crippen molar-refractivity contribution in [3.8, 4) is 17.0 Å². The minimum absolute atomic E-state index is 0.497. The summed E-state index contributed by atoms with van der Waals surface area (Å²) in [5.41, 5.74) is 4.26. The van der Waals surface area contributed by atoms with E-state index in [0.717, 1.165) is 16.8 Å². The second kappa shape index (κ2) is 6.62. The summed E-state index contributed by atoms with van der Waals surface area (Å²) in [5, 5.41) is 5.11. The molecule has 3 aromatic rings. The third-order valence-electron chi connectivity index (χ3n) is 3.34. The predicted molar refractivity (Wildman–Crippen MR) is 93.1 cm³/mol. The molecule has 1 heterocycles. The molecule has 0 fully saturated rings. The molecule has 4 nitrogen and oxygen atoms in total. The van der Waals surface area contributed by atoms with Crippen LogP contribution in [0, 0.1) is 13.8 Å². The van der Waals surface area contributed by atoms with Gasteiger partial charge in [0.15, 0.2) is 5.13 Å². The number of para-hydroxylation sites is 1. The van der Waals surface area contributed by atoms with E-state index in [0.29, 0.717) is 10.9 Å². The zero-order chi connectivity index (χ0) is 16.2. The van der Waals surface area contributed by atoms with E-state index in [1.807, 2.05) is 37.4 Å². The Balaban J connectivity index is 1.72. The van der Waals surface area contributed by atoms with E-state index in [4.69, 9.17) is 4.74 Å². The van der Waals surface area contributed by atoms with Crippen LogP contribution in [-0.2, 0) is 0 Å². The lowest BCUT2D eigenvalue weighted by atomic mass is 10.0. The summed E-state index contributed by atoms with van der Waals surface area (Å²) in [4.78, 5) is 16.4. The summed E-state index contributed by atoms with van der Waals surface area (Å²) in [6.07, 6.45) is -0.543. The van der Waals surface area contributed by atoms with Gasteiger partial charge in [0.05, 0.1) is 5.69 Å². The van der Waals surface area contributed by atoms with Gasteiger partial charge in [0.2, 0.25) is 0 Å².